The molecule has 3 aliphatic heterocycles. The summed E-state index contributed by atoms with van der Waals surface area (Å²) in [5.41, 5.74) is 3.49. The van der Waals surface area contributed by atoms with Crippen LogP contribution in [0.5, 0.6) is 0 Å². The van der Waals surface area contributed by atoms with Crippen LogP contribution in [0.3, 0.4) is 0 Å². The molecule has 0 saturated heterocycles. The first-order valence-corrected chi connectivity index (χ1v) is 13.1. The third-order valence-electron chi connectivity index (χ3n) is 6.96. The normalized spacial score (nSPS) is 13.4. The highest BCUT2D eigenvalue weighted by molar-refractivity contribution is 6.03. The van der Waals surface area contributed by atoms with Gasteiger partial charge >= 0.3 is 0 Å². The van der Waals surface area contributed by atoms with Gasteiger partial charge in [0.2, 0.25) is 0 Å². The predicted octanol–water partition coefficient (Wildman–Crippen LogP) is 3.76. The molecule has 6 rings (SSSR count). The number of pyridine rings is 2. The molecule has 1 amide bonds. The van der Waals surface area contributed by atoms with Crippen LogP contribution < -0.4 is 16.3 Å². The van der Waals surface area contributed by atoms with Crippen molar-refractivity contribution in [3.05, 3.63) is 83.4 Å². The largest absolute Gasteiger partial charge is 0.386 e. The number of amides is 1. The van der Waals surface area contributed by atoms with Gasteiger partial charge in [-0.05, 0) is 67.8 Å². The molecule has 1 aromatic carbocycles. The second kappa shape index (κ2) is 9.89. The van der Waals surface area contributed by atoms with Gasteiger partial charge in [-0.2, -0.15) is 10.1 Å². The van der Waals surface area contributed by atoms with Gasteiger partial charge in [-0.3, -0.25) is 14.5 Å². The molecule has 3 aliphatic rings. The van der Waals surface area contributed by atoms with Crippen LogP contribution in [0.25, 0.3) is 22.5 Å². The summed E-state index contributed by atoms with van der Waals surface area (Å²) in [5.74, 6) is 0.396. The van der Waals surface area contributed by atoms with Crippen molar-refractivity contribution >= 4 is 23.1 Å². The van der Waals surface area contributed by atoms with E-state index >= 15 is 4.39 Å². The molecule has 0 radical (unpaired) electrons. The van der Waals surface area contributed by atoms with E-state index in [0.29, 0.717) is 35.5 Å². The van der Waals surface area contributed by atoms with Gasteiger partial charge in [0, 0.05) is 43.7 Å². The maximum Gasteiger partial charge on any atom is 0.274 e. The van der Waals surface area contributed by atoms with Crippen molar-refractivity contribution in [2.45, 2.75) is 32.9 Å². The van der Waals surface area contributed by atoms with Gasteiger partial charge in [-0.1, -0.05) is 0 Å². The van der Waals surface area contributed by atoms with Crippen molar-refractivity contribution in [3.8, 4) is 22.5 Å². The van der Waals surface area contributed by atoms with Gasteiger partial charge in [0.1, 0.15) is 28.8 Å². The molecule has 3 aromatic rings. The van der Waals surface area contributed by atoms with Gasteiger partial charge in [0.05, 0.1) is 23.7 Å². The minimum atomic E-state index is -1.15. The van der Waals surface area contributed by atoms with Crippen LogP contribution in [0.15, 0.2) is 60.1 Å². The number of aliphatic hydroxyl groups is 1. The van der Waals surface area contributed by atoms with Gasteiger partial charge < -0.3 is 20.3 Å². The number of aryl methyl sites for hydroxylation is 2. The third kappa shape index (κ3) is 5.05. The van der Waals surface area contributed by atoms with Gasteiger partial charge in [0.15, 0.2) is 0 Å². The average Bonchev–Trinajstić information content (AvgIpc) is 3.59. The van der Waals surface area contributed by atoms with Crippen molar-refractivity contribution in [2.75, 3.05) is 17.2 Å². The zero-order valence-corrected chi connectivity index (χ0v) is 23.0. The van der Waals surface area contributed by atoms with E-state index < -0.39 is 17.3 Å². The molecule has 0 unspecified atom stereocenters. The zero-order valence-electron chi connectivity index (χ0n) is 23.0. The van der Waals surface area contributed by atoms with Crippen molar-refractivity contribution < 1.29 is 14.3 Å². The fourth-order valence-corrected chi connectivity index (χ4v) is 4.88. The summed E-state index contributed by atoms with van der Waals surface area (Å²) < 4.78 is 18.8. The number of benzene rings is 1. The van der Waals surface area contributed by atoms with Crippen LogP contribution in [0.4, 0.5) is 21.6 Å². The molecule has 0 aliphatic carbocycles. The lowest BCUT2D eigenvalue weighted by Crippen LogP contribution is -2.19. The lowest BCUT2D eigenvalue weighted by atomic mass is 9.97. The van der Waals surface area contributed by atoms with E-state index in [1.165, 1.54) is 18.3 Å². The van der Waals surface area contributed by atoms with Gasteiger partial charge in [-0.25, -0.2) is 14.4 Å². The smallest absolute Gasteiger partial charge is 0.274 e. The summed E-state index contributed by atoms with van der Waals surface area (Å²) >= 11 is 0. The van der Waals surface area contributed by atoms with E-state index in [9.17, 15) is 9.90 Å². The number of nitrogens with zero attached hydrogens (tertiary/aromatic N) is 7. The number of aromatic nitrogens is 6. The Labute approximate surface area is 234 Å². The first-order chi connectivity index (χ1) is 19.6. The van der Waals surface area contributed by atoms with Crippen LogP contribution in [0.2, 0.25) is 0 Å². The number of halogens is 1. The molecule has 0 atom stereocenters. The molecule has 12 heteroatoms. The van der Waals surface area contributed by atoms with E-state index in [0.717, 1.165) is 28.3 Å². The molecule has 41 heavy (non-hydrogen) atoms. The Bertz CT molecular complexity index is 1850. The molecule has 208 valence electrons. The van der Waals surface area contributed by atoms with Crippen molar-refractivity contribution in [2.24, 2.45) is 12.0 Å². The molecule has 5 heterocycles. The summed E-state index contributed by atoms with van der Waals surface area (Å²) in [6, 6.07) is 8.10. The number of hydrogen-bond acceptors (Lipinski definition) is 8. The predicted molar refractivity (Wildman–Crippen MR) is 151 cm³/mol. The van der Waals surface area contributed by atoms with E-state index in [4.69, 9.17) is 4.98 Å². The first-order valence-electron chi connectivity index (χ1n) is 13.1. The second-order valence-corrected chi connectivity index (χ2v) is 10.5. The fourth-order valence-electron chi connectivity index (χ4n) is 4.88. The SMILES string of the molecule is Cc1cc(F)c(NC(=O)c2cc(C(C)(C)O)ccn2)cc1-c1cc2cnc(=Nc3cnn(C)c3)nc-2n2c1NCC2. The lowest BCUT2D eigenvalue weighted by Gasteiger charge is -2.19. The Morgan fingerprint density at radius 2 is 2.00 bits per heavy atom. The highest BCUT2D eigenvalue weighted by atomic mass is 19.1. The minimum absolute atomic E-state index is 0.0183. The van der Waals surface area contributed by atoms with E-state index in [1.807, 2.05) is 20.0 Å². The maximum atomic E-state index is 15.1. The number of carbonyl (C=O) groups excluding carboxylic acids is 1. The molecular formula is C29H28FN9O2. The van der Waals surface area contributed by atoms with E-state index in [2.05, 4.69) is 35.3 Å². The Hall–Kier alpha value is -4.97. The van der Waals surface area contributed by atoms with Gasteiger partial charge in [-0.15, -0.1) is 0 Å². The number of fused-ring (bicyclic) bond motifs is 3. The van der Waals surface area contributed by atoms with Crippen LogP contribution in [-0.2, 0) is 19.2 Å². The molecule has 0 spiro atoms. The molecule has 0 saturated carbocycles. The van der Waals surface area contributed by atoms with Crippen molar-refractivity contribution in [3.63, 3.8) is 0 Å². The standard InChI is InChI=1S/C29H28FN9O2/c1-16-9-22(30)23(36-27(40)24-11-18(5-6-31-24)29(2,3)41)12-20(16)21-10-17-13-33-28(35-19-14-34-38(4)15-19)37-25(17)39-8-7-32-26(21)39/h5-6,9-15,32,41H,7-8H2,1-4H3,(H,36,40). The van der Waals surface area contributed by atoms with Gasteiger partial charge in [0.25, 0.3) is 11.5 Å². The number of anilines is 2. The maximum absolute atomic E-state index is 15.1. The quantitative estimate of drug-likeness (QED) is 0.302. The third-order valence-corrected chi connectivity index (χ3v) is 6.96. The highest BCUT2D eigenvalue weighted by Crippen LogP contribution is 2.39. The number of hydrogen-bond donors (Lipinski definition) is 3. The second-order valence-electron chi connectivity index (χ2n) is 10.5. The summed E-state index contributed by atoms with van der Waals surface area (Å²) in [4.78, 5) is 30.8. The number of carbonyl (C=O) groups is 1. The average molecular weight is 554 g/mol. The molecule has 0 bridgehead atoms. The van der Waals surface area contributed by atoms with Crippen LogP contribution in [0.1, 0.15) is 35.5 Å². The Kier molecular flexibility index (Phi) is 6.34. The van der Waals surface area contributed by atoms with Crippen molar-refractivity contribution in [1.29, 1.82) is 0 Å². The molecular weight excluding hydrogens is 525 g/mol. The van der Waals surface area contributed by atoms with Crippen LogP contribution in [-0.4, -0.2) is 46.9 Å². The lowest BCUT2D eigenvalue weighted by molar-refractivity contribution is 0.0783. The van der Waals surface area contributed by atoms with Crippen molar-refractivity contribution in [1.82, 2.24) is 29.3 Å². The summed E-state index contributed by atoms with van der Waals surface area (Å²) in [7, 11) is 1.82. The number of rotatable bonds is 5. The summed E-state index contributed by atoms with van der Waals surface area (Å²) in [5, 5.41) is 20.5. The summed E-state index contributed by atoms with van der Waals surface area (Å²) in [6.45, 7) is 6.42. The van der Waals surface area contributed by atoms with Crippen LogP contribution in [0, 0.1) is 12.7 Å². The minimum Gasteiger partial charge on any atom is -0.386 e. The molecule has 2 aromatic heterocycles. The zero-order chi connectivity index (χ0) is 28.9. The molecule has 11 nitrogen and oxygen atoms in total. The Morgan fingerprint density at radius 3 is 2.76 bits per heavy atom. The number of nitrogens with one attached hydrogen (secondary N) is 2. The van der Waals surface area contributed by atoms with E-state index in [1.54, 1.807) is 49.3 Å². The topological polar surface area (TPSA) is 135 Å². The molecule has 3 N–H and O–H groups in total. The Morgan fingerprint density at radius 1 is 1.17 bits per heavy atom. The monoisotopic (exact) mass is 553 g/mol. The summed E-state index contributed by atoms with van der Waals surface area (Å²) in [6.07, 6.45) is 6.58. The molecule has 0 fully saturated rings. The van der Waals surface area contributed by atoms with E-state index in [-0.39, 0.29) is 11.4 Å². The highest BCUT2D eigenvalue weighted by Gasteiger charge is 2.24. The fraction of sp³-hybridized carbons (Fsp3) is 0.241. The first kappa shape index (κ1) is 26.3. The Balaban J connectivity index is 1.40. The van der Waals surface area contributed by atoms with Crippen LogP contribution >= 0.6 is 0 Å².